The molecule has 0 spiro atoms. The van der Waals surface area contributed by atoms with Gasteiger partial charge in [0.25, 0.3) is 0 Å². The molecule has 0 unspecified atom stereocenters. The standard InChI is InChI=1S/C25H28N4O2/c1-17-10-9-11-18(2)25(17)26-23(30)16-28(5)24(31)15-14-22-19(3)27-29(20(22)4)21-12-7-6-8-13-21/h6-15H,16H2,1-5H3,(H,26,30)/b15-14+. The van der Waals surface area contributed by atoms with Crippen LogP contribution in [-0.4, -0.2) is 40.1 Å². The Bertz CT molecular complexity index is 1110. The first-order valence-electron chi connectivity index (χ1n) is 10.2. The second-order valence-corrected chi connectivity index (χ2v) is 7.67. The molecule has 1 aromatic heterocycles. The fraction of sp³-hybridized carbons (Fsp3) is 0.240. The maximum atomic E-state index is 12.6. The number of para-hydroxylation sites is 2. The number of anilines is 1. The SMILES string of the molecule is Cc1cccc(C)c1NC(=O)CN(C)C(=O)/C=C/c1c(C)nn(-c2ccccc2)c1C. The van der Waals surface area contributed by atoms with E-state index in [1.54, 1.807) is 13.1 Å². The summed E-state index contributed by atoms with van der Waals surface area (Å²) in [5.41, 5.74) is 6.42. The normalized spacial score (nSPS) is 11.0. The van der Waals surface area contributed by atoms with Crippen LogP contribution in [0.4, 0.5) is 5.69 Å². The van der Waals surface area contributed by atoms with Gasteiger partial charge in [0.15, 0.2) is 0 Å². The molecular formula is C25H28N4O2. The van der Waals surface area contributed by atoms with Crippen molar-refractivity contribution in [2.45, 2.75) is 27.7 Å². The average molecular weight is 417 g/mol. The molecule has 3 aromatic rings. The number of benzene rings is 2. The van der Waals surface area contributed by atoms with E-state index < -0.39 is 0 Å². The smallest absolute Gasteiger partial charge is 0.246 e. The van der Waals surface area contributed by atoms with Crippen LogP contribution in [0.25, 0.3) is 11.8 Å². The number of nitrogens with one attached hydrogen (secondary N) is 1. The Morgan fingerprint density at radius 3 is 2.29 bits per heavy atom. The van der Waals surface area contributed by atoms with E-state index in [0.29, 0.717) is 0 Å². The van der Waals surface area contributed by atoms with Gasteiger partial charge in [0, 0.05) is 30.1 Å². The Kier molecular flexibility index (Phi) is 6.70. The van der Waals surface area contributed by atoms with Gasteiger partial charge < -0.3 is 10.2 Å². The van der Waals surface area contributed by atoms with Gasteiger partial charge in [-0.1, -0.05) is 36.4 Å². The maximum Gasteiger partial charge on any atom is 0.246 e. The van der Waals surface area contributed by atoms with Crippen LogP contribution in [0.1, 0.15) is 28.1 Å². The van der Waals surface area contributed by atoms with Crippen LogP contribution in [0.2, 0.25) is 0 Å². The Labute approximate surface area is 183 Å². The van der Waals surface area contributed by atoms with Gasteiger partial charge in [-0.3, -0.25) is 9.59 Å². The molecular weight excluding hydrogens is 388 g/mol. The molecule has 160 valence electrons. The third-order valence-electron chi connectivity index (χ3n) is 5.24. The zero-order valence-electron chi connectivity index (χ0n) is 18.6. The van der Waals surface area contributed by atoms with Crippen molar-refractivity contribution in [3.8, 4) is 5.69 Å². The summed E-state index contributed by atoms with van der Waals surface area (Å²) >= 11 is 0. The highest BCUT2D eigenvalue weighted by Crippen LogP contribution is 2.20. The van der Waals surface area contributed by atoms with Gasteiger partial charge in [-0.2, -0.15) is 5.10 Å². The van der Waals surface area contributed by atoms with Crippen LogP contribution in [0.3, 0.4) is 0 Å². The summed E-state index contributed by atoms with van der Waals surface area (Å²) in [6.45, 7) is 7.75. The fourth-order valence-corrected chi connectivity index (χ4v) is 3.48. The van der Waals surface area contributed by atoms with Crippen molar-refractivity contribution in [3.63, 3.8) is 0 Å². The lowest BCUT2D eigenvalue weighted by Gasteiger charge is -2.16. The highest BCUT2D eigenvalue weighted by atomic mass is 16.2. The fourth-order valence-electron chi connectivity index (χ4n) is 3.48. The van der Waals surface area contributed by atoms with E-state index in [2.05, 4.69) is 10.4 Å². The second kappa shape index (κ2) is 9.43. The van der Waals surface area contributed by atoms with Gasteiger partial charge in [-0.25, -0.2) is 4.68 Å². The molecule has 0 saturated carbocycles. The summed E-state index contributed by atoms with van der Waals surface area (Å²) in [5, 5.41) is 7.50. The number of carbonyl (C=O) groups excluding carboxylic acids is 2. The number of hydrogen-bond donors (Lipinski definition) is 1. The molecule has 0 aliphatic rings. The van der Waals surface area contributed by atoms with Crippen LogP contribution in [0.15, 0.2) is 54.6 Å². The number of rotatable bonds is 6. The molecule has 6 heteroatoms. The molecule has 2 aromatic carbocycles. The molecule has 0 aliphatic heterocycles. The zero-order chi connectivity index (χ0) is 22.5. The number of amides is 2. The first-order chi connectivity index (χ1) is 14.8. The molecule has 0 radical (unpaired) electrons. The number of aromatic nitrogens is 2. The molecule has 0 atom stereocenters. The first-order valence-corrected chi connectivity index (χ1v) is 10.2. The molecule has 3 rings (SSSR count). The van der Waals surface area contributed by atoms with E-state index in [9.17, 15) is 9.59 Å². The Balaban J connectivity index is 1.67. The lowest BCUT2D eigenvalue weighted by molar-refractivity contribution is -0.129. The minimum absolute atomic E-state index is 0.0296. The number of likely N-dealkylation sites (N-methyl/N-ethyl adjacent to an activating group) is 1. The minimum Gasteiger partial charge on any atom is -0.333 e. The van der Waals surface area contributed by atoms with Gasteiger partial charge in [-0.05, 0) is 57.0 Å². The van der Waals surface area contributed by atoms with Gasteiger partial charge in [-0.15, -0.1) is 0 Å². The molecule has 0 saturated heterocycles. The summed E-state index contributed by atoms with van der Waals surface area (Å²) in [5.74, 6) is -0.478. The van der Waals surface area contributed by atoms with Crippen molar-refractivity contribution in [3.05, 3.63) is 82.7 Å². The summed E-state index contributed by atoms with van der Waals surface area (Å²) in [6, 6.07) is 15.7. The lowest BCUT2D eigenvalue weighted by atomic mass is 10.1. The molecule has 1 heterocycles. The number of aryl methyl sites for hydroxylation is 3. The van der Waals surface area contributed by atoms with Crippen molar-refractivity contribution in [1.82, 2.24) is 14.7 Å². The highest BCUT2D eigenvalue weighted by molar-refractivity contribution is 5.98. The number of carbonyl (C=O) groups is 2. The quantitative estimate of drug-likeness (QED) is 0.612. The largest absolute Gasteiger partial charge is 0.333 e. The van der Waals surface area contributed by atoms with Gasteiger partial charge >= 0.3 is 0 Å². The lowest BCUT2D eigenvalue weighted by Crippen LogP contribution is -2.34. The van der Waals surface area contributed by atoms with Crippen LogP contribution in [-0.2, 0) is 9.59 Å². The van der Waals surface area contributed by atoms with E-state index in [1.807, 2.05) is 80.9 Å². The van der Waals surface area contributed by atoms with Crippen molar-refractivity contribution in [1.29, 1.82) is 0 Å². The second-order valence-electron chi connectivity index (χ2n) is 7.67. The van der Waals surface area contributed by atoms with Gasteiger partial charge in [0.1, 0.15) is 0 Å². The van der Waals surface area contributed by atoms with Crippen LogP contribution in [0, 0.1) is 27.7 Å². The van der Waals surface area contributed by atoms with E-state index >= 15 is 0 Å². The molecule has 31 heavy (non-hydrogen) atoms. The topological polar surface area (TPSA) is 67.2 Å². The summed E-state index contributed by atoms with van der Waals surface area (Å²) in [4.78, 5) is 26.4. The molecule has 0 bridgehead atoms. The van der Waals surface area contributed by atoms with Crippen LogP contribution in [0.5, 0.6) is 0 Å². The van der Waals surface area contributed by atoms with Crippen molar-refractivity contribution >= 4 is 23.6 Å². The third-order valence-corrected chi connectivity index (χ3v) is 5.24. The Morgan fingerprint density at radius 2 is 1.65 bits per heavy atom. The number of nitrogens with zero attached hydrogens (tertiary/aromatic N) is 3. The van der Waals surface area contributed by atoms with Crippen molar-refractivity contribution in [2.75, 3.05) is 18.9 Å². The third kappa shape index (κ3) is 5.09. The molecule has 2 amide bonds. The van der Waals surface area contributed by atoms with E-state index in [-0.39, 0.29) is 18.4 Å². The molecule has 1 N–H and O–H groups in total. The summed E-state index contributed by atoms with van der Waals surface area (Å²) in [6.07, 6.45) is 3.25. The summed E-state index contributed by atoms with van der Waals surface area (Å²) in [7, 11) is 1.62. The van der Waals surface area contributed by atoms with E-state index in [0.717, 1.165) is 39.5 Å². The van der Waals surface area contributed by atoms with Crippen LogP contribution >= 0.6 is 0 Å². The van der Waals surface area contributed by atoms with E-state index in [4.69, 9.17) is 0 Å². The molecule has 0 fully saturated rings. The monoisotopic (exact) mass is 416 g/mol. The van der Waals surface area contributed by atoms with Crippen molar-refractivity contribution < 1.29 is 9.59 Å². The Morgan fingerprint density at radius 1 is 1.00 bits per heavy atom. The minimum atomic E-state index is -0.247. The van der Waals surface area contributed by atoms with E-state index in [1.165, 1.54) is 11.0 Å². The molecule has 6 nitrogen and oxygen atoms in total. The summed E-state index contributed by atoms with van der Waals surface area (Å²) < 4.78 is 1.86. The predicted molar refractivity (Wildman–Crippen MR) is 124 cm³/mol. The maximum absolute atomic E-state index is 12.6. The van der Waals surface area contributed by atoms with Gasteiger partial charge in [0.2, 0.25) is 11.8 Å². The zero-order valence-corrected chi connectivity index (χ0v) is 18.6. The average Bonchev–Trinajstić information content (AvgIpc) is 3.03. The molecule has 0 aliphatic carbocycles. The first kappa shape index (κ1) is 22.0. The highest BCUT2D eigenvalue weighted by Gasteiger charge is 2.14. The van der Waals surface area contributed by atoms with Crippen molar-refractivity contribution in [2.24, 2.45) is 0 Å². The number of hydrogen-bond acceptors (Lipinski definition) is 3. The van der Waals surface area contributed by atoms with Crippen LogP contribution < -0.4 is 5.32 Å². The van der Waals surface area contributed by atoms with Gasteiger partial charge in [0.05, 0.1) is 17.9 Å². The predicted octanol–water partition coefficient (Wildman–Crippen LogP) is 4.22. The Hall–Kier alpha value is -3.67.